The lowest BCUT2D eigenvalue weighted by Crippen LogP contribution is -2.32. The Morgan fingerprint density at radius 2 is 1.53 bits per heavy atom. The zero-order valence-electron chi connectivity index (χ0n) is 20.5. The first-order valence-corrected chi connectivity index (χ1v) is 13.3. The highest BCUT2D eigenvalue weighted by Gasteiger charge is 2.29. The molecule has 0 spiro atoms. The van der Waals surface area contributed by atoms with E-state index in [9.17, 15) is 18.3 Å². The fourth-order valence-corrected chi connectivity index (χ4v) is 5.68. The molecular formula is C30H24N2O5S. The van der Waals surface area contributed by atoms with Crippen molar-refractivity contribution in [2.75, 3.05) is 4.31 Å². The van der Waals surface area contributed by atoms with Gasteiger partial charge >= 0.3 is 5.97 Å². The lowest BCUT2D eigenvalue weighted by atomic mass is 10.1. The molecule has 190 valence electrons. The van der Waals surface area contributed by atoms with Crippen molar-refractivity contribution in [2.45, 2.75) is 18.4 Å². The largest absolute Gasteiger partial charge is 0.478 e. The van der Waals surface area contributed by atoms with Crippen molar-refractivity contribution in [1.29, 1.82) is 0 Å². The molecule has 0 aliphatic carbocycles. The number of nitrogens with zero attached hydrogens (tertiary/aromatic N) is 2. The molecule has 5 aromatic rings. The molecule has 0 bridgehead atoms. The summed E-state index contributed by atoms with van der Waals surface area (Å²) in [7, 11) is -4.15. The normalized spacial score (nSPS) is 11.3. The Balaban J connectivity index is 1.63. The van der Waals surface area contributed by atoms with E-state index in [1.54, 1.807) is 12.3 Å². The number of aryl methyl sites for hydroxylation is 1. The Morgan fingerprint density at radius 1 is 0.868 bits per heavy atom. The van der Waals surface area contributed by atoms with E-state index < -0.39 is 16.0 Å². The van der Waals surface area contributed by atoms with Gasteiger partial charge < -0.3 is 9.84 Å². The molecule has 0 aliphatic heterocycles. The number of anilines is 1. The van der Waals surface area contributed by atoms with Gasteiger partial charge in [0.2, 0.25) is 0 Å². The predicted molar refractivity (Wildman–Crippen MR) is 146 cm³/mol. The molecule has 0 aliphatic rings. The summed E-state index contributed by atoms with van der Waals surface area (Å²) in [5.41, 5.74) is 1.34. The first-order chi connectivity index (χ1) is 18.3. The van der Waals surface area contributed by atoms with Gasteiger partial charge in [0.15, 0.2) is 0 Å². The van der Waals surface area contributed by atoms with Gasteiger partial charge in [-0.05, 0) is 54.8 Å². The first-order valence-electron chi connectivity index (χ1n) is 11.9. The molecule has 1 aromatic heterocycles. The summed E-state index contributed by atoms with van der Waals surface area (Å²) in [5.74, 6) is 0.280. The van der Waals surface area contributed by atoms with E-state index in [0.29, 0.717) is 22.6 Å². The number of rotatable bonds is 8. The van der Waals surface area contributed by atoms with Crippen LogP contribution in [0, 0.1) is 6.92 Å². The van der Waals surface area contributed by atoms with Crippen molar-refractivity contribution < 1.29 is 23.1 Å². The second-order valence-electron chi connectivity index (χ2n) is 8.66. The maximum Gasteiger partial charge on any atom is 0.335 e. The van der Waals surface area contributed by atoms with Crippen LogP contribution in [-0.2, 0) is 16.6 Å². The second-order valence-corrected chi connectivity index (χ2v) is 10.5. The molecule has 0 radical (unpaired) electrons. The van der Waals surface area contributed by atoms with Crippen LogP contribution >= 0.6 is 0 Å². The van der Waals surface area contributed by atoms with Crippen LogP contribution in [-0.4, -0.2) is 24.5 Å². The number of benzene rings is 4. The predicted octanol–water partition coefficient (Wildman–Crippen LogP) is 6.43. The summed E-state index contributed by atoms with van der Waals surface area (Å²) in [6.07, 6.45) is 1.65. The number of aromatic carboxylic acids is 1. The number of pyridine rings is 1. The van der Waals surface area contributed by atoms with E-state index in [2.05, 4.69) is 4.98 Å². The van der Waals surface area contributed by atoms with Crippen molar-refractivity contribution >= 4 is 32.6 Å². The molecule has 1 heterocycles. The van der Waals surface area contributed by atoms with Crippen LogP contribution in [0.5, 0.6) is 11.5 Å². The van der Waals surface area contributed by atoms with E-state index in [1.165, 1.54) is 28.6 Å². The third kappa shape index (κ3) is 4.94. The van der Waals surface area contributed by atoms with Crippen molar-refractivity contribution in [3.8, 4) is 11.5 Å². The molecule has 0 saturated carbocycles. The average Bonchev–Trinajstić information content (AvgIpc) is 2.94. The van der Waals surface area contributed by atoms with Gasteiger partial charge in [-0.25, -0.2) is 22.5 Å². The van der Waals surface area contributed by atoms with Crippen LogP contribution in [0.4, 0.5) is 5.82 Å². The van der Waals surface area contributed by atoms with Gasteiger partial charge in [-0.15, -0.1) is 0 Å². The number of carbonyl (C=O) groups is 1. The standard InChI is InChI=1S/C30H24N2O5S/c1-21-27-13-7-5-9-23(27)19-31-29(21)32(38(35,36)26-17-15-22(16-18-26)30(33)34)20-24-10-6-8-14-28(24)37-25-11-3-2-4-12-25/h2-19H,20H2,1H3,(H,33,34). The molecule has 0 fully saturated rings. The number of carboxylic acid groups (broad SMARTS) is 1. The topological polar surface area (TPSA) is 96.8 Å². The average molecular weight is 525 g/mol. The third-order valence-electron chi connectivity index (χ3n) is 6.21. The third-order valence-corrected chi connectivity index (χ3v) is 7.96. The molecule has 5 rings (SSSR count). The highest BCUT2D eigenvalue weighted by atomic mass is 32.2. The number of hydrogen-bond acceptors (Lipinski definition) is 5. The van der Waals surface area contributed by atoms with Crippen LogP contribution in [0.25, 0.3) is 10.8 Å². The van der Waals surface area contributed by atoms with E-state index in [4.69, 9.17) is 4.74 Å². The molecule has 7 nitrogen and oxygen atoms in total. The van der Waals surface area contributed by atoms with Gasteiger partial charge in [0, 0.05) is 22.7 Å². The Morgan fingerprint density at radius 3 is 2.26 bits per heavy atom. The Kier molecular flexibility index (Phi) is 6.81. The molecule has 0 unspecified atom stereocenters. The van der Waals surface area contributed by atoms with E-state index in [1.807, 2.05) is 79.7 Å². The van der Waals surface area contributed by atoms with Gasteiger partial charge in [0.05, 0.1) is 17.0 Å². The van der Waals surface area contributed by atoms with Crippen molar-refractivity contribution in [3.05, 3.63) is 126 Å². The molecule has 0 amide bonds. The molecule has 8 heteroatoms. The Hall–Kier alpha value is -4.69. The lowest BCUT2D eigenvalue weighted by molar-refractivity contribution is 0.0696. The smallest absolute Gasteiger partial charge is 0.335 e. The molecule has 0 atom stereocenters. The minimum absolute atomic E-state index is 0.00267. The maximum absolute atomic E-state index is 14.1. The summed E-state index contributed by atoms with van der Waals surface area (Å²) < 4.78 is 35.5. The van der Waals surface area contributed by atoms with Gasteiger partial charge in [-0.3, -0.25) is 0 Å². The Bertz CT molecular complexity index is 1720. The number of carboxylic acids is 1. The SMILES string of the molecule is Cc1c(N(Cc2ccccc2Oc2ccccc2)S(=O)(=O)c2ccc(C(=O)O)cc2)ncc2ccccc12. The molecule has 38 heavy (non-hydrogen) atoms. The van der Waals surface area contributed by atoms with Crippen LogP contribution in [0.3, 0.4) is 0 Å². The maximum atomic E-state index is 14.1. The van der Waals surface area contributed by atoms with Crippen LogP contribution in [0.2, 0.25) is 0 Å². The summed E-state index contributed by atoms with van der Waals surface area (Å²) in [5, 5.41) is 11.0. The lowest BCUT2D eigenvalue weighted by Gasteiger charge is -2.26. The number of sulfonamides is 1. The zero-order valence-corrected chi connectivity index (χ0v) is 21.3. The fraction of sp³-hybridized carbons (Fsp3) is 0.0667. The van der Waals surface area contributed by atoms with E-state index in [-0.39, 0.29) is 22.8 Å². The fourth-order valence-electron chi connectivity index (χ4n) is 4.23. The van der Waals surface area contributed by atoms with Gasteiger partial charge in [-0.1, -0.05) is 60.7 Å². The molecule has 0 saturated heterocycles. The van der Waals surface area contributed by atoms with Crippen LogP contribution < -0.4 is 9.04 Å². The number of fused-ring (bicyclic) bond motifs is 1. The highest BCUT2D eigenvalue weighted by Crippen LogP contribution is 2.34. The highest BCUT2D eigenvalue weighted by molar-refractivity contribution is 7.92. The second kappa shape index (κ2) is 10.4. The molecule has 1 N–H and O–H groups in total. The van der Waals surface area contributed by atoms with Crippen molar-refractivity contribution in [1.82, 2.24) is 4.98 Å². The number of aromatic nitrogens is 1. The quantitative estimate of drug-likeness (QED) is 0.251. The van der Waals surface area contributed by atoms with Crippen LogP contribution in [0.15, 0.2) is 114 Å². The van der Waals surface area contributed by atoms with E-state index >= 15 is 0 Å². The van der Waals surface area contributed by atoms with Crippen molar-refractivity contribution in [2.24, 2.45) is 0 Å². The number of para-hydroxylation sites is 2. The van der Waals surface area contributed by atoms with Gasteiger partial charge in [0.1, 0.15) is 17.3 Å². The summed E-state index contributed by atoms with van der Waals surface area (Å²) in [6, 6.07) is 29.3. The van der Waals surface area contributed by atoms with E-state index in [0.717, 1.165) is 10.8 Å². The van der Waals surface area contributed by atoms with Gasteiger partial charge in [0.25, 0.3) is 10.0 Å². The minimum Gasteiger partial charge on any atom is -0.478 e. The number of ether oxygens (including phenoxy) is 1. The van der Waals surface area contributed by atoms with Gasteiger partial charge in [-0.2, -0.15) is 0 Å². The van der Waals surface area contributed by atoms with Crippen molar-refractivity contribution in [3.63, 3.8) is 0 Å². The van der Waals surface area contributed by atoms with Crippen LogP contribution in [0.1, 0.15) is 21.5 Å². The number of hydrogen-bond donors (Lipinski definition) is 1. The summed E-state index contributed by atoms with van der Waals surface area (Å²) >= 11 is 0. The minimum atomic E-state index is -4.15. The molecule has 4 aromatic carbocycles. The Labute approximate surface area is 220 Å². The molecular weight excluding hydrogens is 500 g/mol. The first kappa shape index (κ1) is 25.0. The monoisotopic (exact) mass is 524 g/mol. The summed E-state index contributed by atoms with van der Waals surface area (Å²) in [4.78, 5) is 15.9. The summed E-state index contributed by atoms with van der Waals surface area (Å²) in [6.45, 7) is 1.78. The zero-order chi connectivity index (χ0) is 26.7.